The van der Waals surface area contributed by atoms with Crippen molar-refractivity contribution in [3.8, 4) is 0 Å². The Labute approximate surface area is 97.6 Å². The number of amides is 1. The lowest BCUT2D eigenvalue weighted by Gasteiger charge is -2.29. The van der Waals surface area contributed by atoms with Gasteiger partial charge >= 0.3 is 0 Å². The molecule has 1 N–H and O–H groups in total. The average Bonchev–Trinajstić information content (AvgIpc) is 3.01. The first-order valence-electron chi connectivity index (χ1n) is 6.74. The summed E-state index contributed by atoms with van der Waals surface area (Å²) in [5.74, 6) is 2.04. The highest BCUT2D eigenvalue weighted by Crippen LogP contribution is 2.40. The van der Waals surface area contributed by atoms with Gasteiger partial charge < -0.3 is 4.90 Å². The fourth-order valence-corrected chi connectivity index (χ4v) is 3.18. The van der Waals surface area contributed by atoms with Crippen LogP contribution in [-0.4, -0.2) is 29.6 Å². The van der Waals surface area contributed by atoms with Crippen LogP contribution in [0.2, 0.25) is 0 Å². The first-order valence-corrected chi connectivity index (χ1v) is 6.74. The van der Waals surface area contributed by atoms with Gasteiger partial charge in [-0.15, -0.1) is 0 Å². The third-order valence-corrected chi connectivity index (χ3v) is 4.67. The highest BCUT2D eigenvalue weighted by atomic mass is 16.2. The number of hydrogen-bond donors (Lipinski definition) is 1. The van der Waals surface area contributed by atoms with E-state index in [-0.39, 0.29) is 5.54 Å². The van der Waals surface area contributed by atoms with Crippen LogP contribution in [0.3, 0.4) is 0 Å². The van der Waals surface area contributed by atoms with Crippen molar-refractivity contribution in [3.63, 3.8) is 0 Å². The van der Waals surface area contributed by atoms with E-state index in [0.29, 0.717) is 5.91 Å². The second kappa shape index (κ2) is 3.73. The molecule has 1 spiro atoms. The fraction of sp³-hybridized carbons (Fsp3) is 0.923. The molecule has 0 bridgehead atoms. The third kappa shape index (κ3) is 1.75. The Morgan fingerprint density at radius 1 is 1.31 bits per heavy atom. The van der Waals surface area contributed by atoms with Gasteiger partial charge in [0.1, 0.15) is 0 Å². The molecular weight excluding hydrogens is 200 g/mol. The molecule has 1 saturated heterocycles. The topological polar surface area (TPSA) is 32.3 Å². The molecule has 0 aromatic carbocycles. The normalized spacial score (nSPS) is 37.1. The Morgan fingerprint density at radius 2 is 2.00 bits per heavy atom. The molecule has 0 unspecified atom stereocenters. The van der Waals surface area contributed by atoms with Crippen LogP contribution in [0.15, 0.2) is 0 Å². The van der Waals surface area contributed by atoms with Crippen LogP contribution in [0.1, 0.15) is 45.4 Å². The van der Waals surface area contributed by atoms with Crippen LogP contribution in [0.5, 0.6) is 0 Å². The standard InChI is InChI=1S/C13H22N2O/c1-10-2-4-11(5-3-10)8-15-9-14-13(6-7-13)12(15)16/h10-11,14H,2-9H2,1H3. The molecule has 16 heavy (non-hydrogen) atoms. The second-order valence-electron chi connectivity index (χ2n) is 6.07. The maximum absolute atomic E-state index is 12.1. The van der Waals surface area contributed by atoms with Gasteiger partial charge in [0.25, 0.3) is 0 Å². The van der Waals surface area contributed by atoms with E-state index in [1.807, 2.05) is 0 Å². The second-order valence-corrected chi connectivity index (χ2v) is 6.07. The Hall–Kier alpha value is -0.570. The van der Waals surface area contributed by atoms with Crippen molar-refractivity contribution in [2.45, 2.75) is 51.0 Å². The zero-order valence-electron chi connectivity index (χ0n) is 10.2. The Bertz CT molecular complexity index is 290. The summed E-state index contributed by atoms with van der Waals surface area (Å²) in [5, 5.41) is 3.38. The highest BCUT2D eigenvalue weighted by molar-refractivity contribution is 5.91. The fourth-order valence-electron chi connectivity index (χ4n) is 3.18. The van der Waals surface area contributed by atoms with Gasteiger partial charge in [-0.1, -0.05) is 19.8 Å². The van der Waals surface area contributed by atoms with Crippen molar-refractivity contribution in [1.82, 2.24) is 10.2 Å². The molecule has 90 valence electrons. The maximum Gasteiger partial charge on any atom is 0.243 e. The van der Waals surface area contributed by atoms with Gasteiger partial charge in [-0.3, -0.25) is 10.1 Å². The van der Waals surface area contributed by atoms with Gasteiger partial charge in [0.15, 0.2) is 0 Å². The van der Waals surface area contributed by atoms with Gasteiger partial charge in [0.2, 0.25) is 5.91 Å². The number of rotatable bonds is 2. The first kappa shape index (κ1) is 10.6. The number of hydrogen-bond acceptors (Lipinski definition) is 2. The lowest BCUT2D eigenvalue weighted by molar-refractivity contribution is -0.130. The largest absolute Gasteiger partial charge is 0.328 e. The lowest BCUT2D eigenvalue weighted by Crippen LogP contribution is -2.35. The molecule has 2 aliphatic carbocycles. The van der Waals surface area contributed by atoms with E-state index in [9.17, 15) is 4.79 Å². The summed E-state index contributed by atoms with van der Waals surface area (Å²) in [6, 6.07) is 0. The SMILES string of the molecule is CC1CCC(CN2CNC3(CC3)C2=O)CC1. The van der Waals surface area contributed by atoms with Gasteiger partial charge in [0, 0.05) is 6.54 Å². The Kier molecular flexibility index (Phi) is 2.46. The van der Waals surface area contributed by atoms with Crippen molar-refractivity contribution in [3.05, 3.63) is 0 Å². The van der Waals surface area contributed by atoms with E-state index >= 15 is 0 Å². The van der Waals surface area contributed by atoms with E-state index in [4.69, 9.17) is 0 Å². The van der Waals surface area contributed by atoms with Crippen molar-refractivity contribution < 1.29 is 4.79 Å². The smallest absolute Gasteiger partial charge is 0.243 e. The molecule has 3 nitrogen and oxygen atoms in total. The molecule has 2 saturated carbocycles. The van der Waals surface area contributed by atoms with E-state index < -0.39 is 0 Å². The van der Waals surface area contributed by atoms with Gasteiger partial charge in [-0.25, -0.2) is 0 Å². The zero-order valence-corrected chi connectivity index (χ0v) is 10.2. The Morgan fingerprint density at radius 3 is 2.56 bits per heavy atom. The molecule has 3 aliphatic rings. The van der Waals surface area contributed by atoms with Crippen molar-refractivity contribution in [2.75, 3.05) is 13.2 Å². The van der Waals surface area contributed by atoms with E-state index in [2.05, 4.69) is 17.1 Å². The van der Waals surface area contributed by atoms with E-state index in [1.165, 1.54) is 25.7 Å². The molecule has 3 rings (SSSR count). The van der Waals surface area contributed by atoms with Crippen LogP contribution in [0, 0.1) is 11.8 Å². The molecule has 0 atom stereocenters. The summed E-state index contributed by atoms with van der Waals surface area (Å²) < 4.78 is 0. The van der Waals surface area contributed by atoms with Crippen molar-refractivity contribution in [1.29, 1.82) is 0 Å². The highest BCUT2D eigenvalue weighted by Gasteiger charge is 2.55. The van der Waals surface area contributed by atoms with Gasteiger partial charge in [0.05, 0.1) is 12.2 Å². The molecule has 0 aromatic heterocycles. The minimum absolute atomic E-state index is 0.0953. The molecule has 1 aliphatic heterocycles. The molecule has 3 fully saturated rings. The van der Waals surface area contributed by atoms with E-state index in [0.717, 1.165) is 37.9 Å². The molecule has 0 aromatic rings. The molecule has 1 heterocycles. The number of nitrogens with one attached hydrogen (secondary N) is 1. The van der Waals surface area contributed by atoms with Gasteiger partial charge in [-0.2, -0.15) is 0 Å². The van der Waals surface area contributed by atoms with Gasteiger partial charge in [-0.05, 0) is 37.5 Å². The summed E-state index contributed by atoms with van der Waals surface area (Å²) in [6.07, 6.45) is 7.46. The van der Waals surface area contributed by atoms with Crippen molar-refractivity contribution >= 4 is 5.91 Å². The molecule has 0 radical (unpaired) electrons. The summed E-state index contributed by atoms with van der Waals surface area (Å²) in [6.45, 7) is 4.14. The summed E-state index contributed by atoms with van der Waals surface area (Å²) >= 11 is 0. The number of nitrogens with zero attached hydrogens (tertiary/aromatic N) is 1. The summed E-state index contributed by atoms with van der Waals surface area (Å²) in [4.78, 5) is 14.2. The lowest BCUT2D eigenvalue weighted by atomic mass is 9.83. The third-order valence-electron chi connectivity index (χ3n) is 4.67. The number of carbonyl (C=O) groups excluding carboxylic acids is 1. The maximum atomic E-state index is 12.1. The monoisotopic (exact) mass is 222 g/mol. The number of carbonyl (C=O) groups is 1. The predicted molar refractivity (Wildman–Crippen MR) is 62.8 cm³/mol. The summed E-state index contributed by atoms with van der Waals surface area (Å²) in [7, 11) is 0. The van der Waals surface area contributed by atoms with Crippen LogP contribution < -0.4 is 5.32 Å². The zero-order chi connectivity index (χ0) is 11.2. The van der Waals surface area contributed by atoms with Crippen LogP contribution in [-0.2, 0) is 4.79 Å². The predicted octanol–water partition coefficient (Wildman–Crippen LogP) is 1.73. The molecule has 3 heteroatoms. The quantitative estimate of drug-likeness (QED) is 0.772. The van der Waals surface area contributed by atoms with E-state index in [1.54, 1.807) is 0 Å². The average molecular weight is 222 g/mol. The Balaban J connectivity index is 1.54. The van der Waals surface area contributed by atoms with Crippen LogP contribution in [0.25, 0.3) is 0 Å². The van der Waals surface area contributed by atoms with Crippen molar-refractivity contribution in [2.24, 2.45) is 11.8 Å². The molecular formula is C13H22N2O. The van der Waals surface area contributed by atoms with Crippen LogP contribution in [0.4, 0.5) is 0 Å². The first-order chi connectivity index (χ1) is 7.70. The minimum Gasteiger partial charge on any atom is -0.328 e. The van der Waals surface area contributed by atoms with Crippen LogP contribution >= 0.6 is 0 Å². The summed E-state index contributed by atoms with van der Waals surface area (Å²) in [5.41, 5.74) is -0.0953. The minimum atomic E-state index is -0.0953. The molecule has 1 amide bonds.